The normalized spacial score (nSPS) is 18.2. The number of hydrogen-bond acceptors (Lipinski definition) is 2. The molecule has 2 aromatic rings. The Morgan fingerprint density at radius 3 is 2.83 bits per heavy atom. The molecule has 4 nitrogen and oxygen atoms in total. The zero-order valence-electron chi connectivity index (χ0n) is 14.4. The van der Waals surface area contributed by atoms with Gasteiger partial charge in [-0.15, -0.1) is 0 Å². The van der Waals surface area contributed by atoms with E-state index in [-0.39, 0.29) is 11.8 Å². The van der Waals surface area contributed by atoms with E-state index in [1.807, 2.05) is 11.1 Å². The van der Waals surface area contributed by atoms with E-state index in [4.69, 9.17) is 0 Å². The van der Waals surface area contributed by atoms with E-state index in [2.05, 4.69) is 55.9 Å². The number of nitrogens with zero attached hydrogens (tertiary/aromatic N) is 2. The van der Waals surface area contributed by atoms with Crippen molar-refractivity contribution in [2.45, 2.75) is 40.0 Å². The Morgan fingerprint density at radius 1 is 1.35 bits per heavy atom. The fourth-order valence-corrected chi connectivity index (χ4v) is 3.37. The Morgan fingerprint density at radius 2 is 2.13 bits per heavy atom. The minimum atomic E-state index is 0.181. The SMILES string of the molecule is Cc1ccc(-c2cnc(C3CC(=O)N(CC(C)C)C3)[nH]2)c(C)c1. The van der Waals surface area contributed by atoms with Crippen LogP contribution in [-0.2, 0) is 4.79 Å². The maximum Gasteiger partial charge on any atom is 0.223 e. The molecule has 1 fully saturated rings. The van der Waals surface area contributed by atoms with Crippen molar-refractivity contribution in [3.8, 4) is 11.3 Å². The molecule has 4 heteroatoms. The Bertz CT molecular complexity index is 717. The van der Waals surface area contributed by atoms with Crippen molar-refractivity contribution in [3.63, 3.8) is 0 Å². The van der Waals surface area contributed by atoms with Crippen molar-refractivity contribution in [2.24, 2.45) is 5.92 Å². The number of aromatic nitrogens is 2. The van der Waals surface area contributed by atoms with E-state index < -0.39 is 0 Å². The third-order valence-corrected chi connectivity index (χ3v) is 4.45. The van der Waals surface area contributed by atoms with Gasteiger partial charge in [-0.1, -0.05) is 37.6 Å². The first kappa shape index (κ1) is 15.8. The summed E-state index contributed by atoms with van der Waals surface area (Å²) in [6.45, 7) is 10.1. The second-order valence-electron chi connectivity index (χ2n) is 7.09. The maximum atomic E-state index is 12.1. The van der Waals surface area contributed by atoms with Crippen LogP contribution in [0, 0.1) is 19.8 Å². The monoisotopic (exact) mass is 311 g/mol. The van der Waals surface area contributed by atoms with Gasteiger partial charge in [0.1, 0.15) is 5.82 Å². The molecule has 23 heavy (non-hydrogen) atoms. The predicted octanol–water partition coefficient (Wildman–Crippen LogP) is 3.67. The standard InChI is InChI=1S/C19H25N3O/c1-12(2)10-22-11-15(8-18(22)23)19-20-9-17(21-19)16-6-5-13(3)7-14(16)4/h5-7,9,12,15H,8,10-11H2,1-4H3,(H,20,21). The number of carbonyl (C=O) groups is 1. The van der Waals surface area contributed by atoms with Crippen LogP contribution in [0.3, 0.4) is 0 Å². The van der Waals surface area contributed by atoms with Crippen molar-refractivity contribution in [3.05, 3.63) is 41.3 Å². The lowest BCUT2D eigenvalue weighted by Crippen LogP contribution is -2.29. The van der Waals surface area contributed by atoms with Crippen molar-refractivity contribution in [2.75, 3.05) is 13.1 Å². The van der Waals surface area contributed by atoms with Gasteiger partial charge in [0, 0.05) is 31.0 Å². The molecule has 0 saturated carbocycles. The zero-order valence-corrected chi connectivity index (χ0v) is 14.4. The number of hydrogen-bond donors (Lipinski definition) is 1. The van der Waals surface area contributed by atoms with Gasteiger partial charge in [-0.05, 0) is 25.3 Å². The van der Waals surface area contributed by atoms with Crippen LogP contribution in [-0.4, -0.2) is 33.9 Å². The Hall–Kier alpha value is -2.10. The first-order valence-corrected chi connectivity index (χ1v) is 8.34. The van der Waals surface area contributed by atoms with Gasteiger partial charge in [0.2, 0.25) is 5.91 Å². The summed E-state index contributed by atoms with van der Waals surface area (Å²) in [5.74, 6) is 1.86. The summed E-state index contributed by atoms with van der Waals surface area (Å²) in [5.41, 5.74) is 4.71. The lowest BCUT2D eigenvalue weighted by Gasteiger charge is -2.18. The first-order chi connectivity index (χ1) is 10.9. The number of amides is 1. The molecule has 1 amide bonds. The third kappa shape index (κ3) is 3.31. The van der Waals surface area contributed by atoms with Crippen LogP contribution in [0.4, 0.5) is 0 Å². The molecule has 122 valence electrons. The van der Waals surface area contributed by atoms with Crippen LogP contribution >= 0.6 is 0 Å². The highest BCUT2D eigenvalue weighted by Crippen LogP contribution is 2.29. The topological polar surface area (TPSA) is 49.0 Å². The van der Waals surface area contributed by atoms with Crippen LogP contribution in [0.15, 0.2) is 24.4 Å². The van der Waals surface area contributed by atoms with Gasteiger partial charge >= 0.3 is 0 Å². The van der Waals surface area contributed by atoms with Crippen molar-refractivity contribution in [1.29, 1.82) is 0 Å². The molecule has 1 unspecified atom stereocenters. The predicted molar refractivity (Wildman–Crippen MR) is 92.3 cm³/mol. The largest absolute Gasteiger partial charge is 0.342 e. The summed E-state index contributed by atoms with van der Waals surface area (Å²) >= 11 is 0. The number of benzene rings is 1. The van der Waals surface area contributed by atoms with Crippen LogP contribution in [0.1, 0.15) is 43.1 Å². The number of rotatable bonds is 4. The molecular formula is C19H25N3O. The summed E-state index contributed by atoms with van der Waals surface area (Å²) < 4.78 is 0. The zero-order chi connectivity index (χ0) is 16.6. The Labute approximate surface area is 137 Å². The van der Waals surface area contributed by atoms with Crippen LogP contribution in [0.5, 0.6) is 0 Å². The molecule has 1 aliphatic heterocycles. The number of likely N-dealkylation sites (tertiary alicyclic amines) is 1. The molecule has 1 saturated heterocycles. The fraction of sp³-hybridized carbons (Fsp3) is 0.474. The van der Waals surface area contributed by atoms with Crippen molar-refractivity contribution < 1.29 is 4.79 Å². The molecule has 1 atom stereocenters. The van der Waals surface area contributed by atoms with E-state index in [1.54, 1.807) is 0 Å². The van der Waals surface area contributed by atoms with Gasteiger partial charge in [0.25, 0.3) is 0 Å². The molecular weight excluding hydrogens is 286 g/mol. The van der Waals surface area contributed by atoms with Crippen molar-refractivity contribution in [1.82, 2.24) is 14.9 Å². The minimum Gasteiger partial charge on any atom is -0.342 e. The number of imidazole rings is 1. The first-order valence-electron chi connectivity index (χ1n) is 8.34. The molecule has 0 aliphatic carbocycles. The van der Waals surface area contributed by atoms with Gasteiger partial charge in [-0.3, -0.25) is 4.79 Å². The highest BCUT2D eigenvalue weighted by Gasteiger charge is 2.32. The molecule has 3 rings (SSSR count). The summed E-state index contributed by atoms with van der Waals surface area (Å²) in [6.07, 6.45) is 2.45. The summed E-state index contributed by atoms with van der Waals surface area (Å²) in [4.78, 5) is 22.1. The summed E-state index contributed by atoms with van der Waals surface area (Å²) in [7, 11) is 0. The number of aryl methyl sites for hydroxylation is 2. The highest BCUT2D eigenvalue weighted by molar-refractivity contribution is 5.79. The minimum absolute atomic E-state index is 0.181. The van der Waals surface area contributed by atoms with Gasteiger partial charge in [0.15, 0.2) is 0 Å². The van der Waals surface area contributed by atoms with Crippen LogP contribution < -0.4 is 0 Å². The molecule has 1 N–H and O–H groups in total. The average Bonchev–Trinajstić information content (AvgIpc) is 3.06. The molecule has 0 radical (unpaired) electrons. The third-order valence-electron chi connectivity index (χ3n) is 4.45. The number of carbonyl (C=O) groups excluding carboxylic acids is 1. The van der Waals surface area contributed by atoms with E-state index >= 15 is 0 Å². The van der Waals surface area contributed by atoms with E-state index in [0.717, 1.165) is 24.6 Å². The summed E-state index contributed by atoms with van der Waals surface area (Å²) in [5, 5.41) is 0. The number of nitrogens with one attached hydrogen (secondary N) is 1. The maximum absolute atomic E-state index is 12.1. The van der Waals surface area contributed by atoms with Gasteiger partial charge in [0.05, 0.1) is 11.9 Å². The summed E-state index contributed by atoms with van der Waals surface area (Å²) in [6, 6.07) is 6.43. The van der Waals surface area contributed by atoms with Gasteiger partial charge < -0.3 is 9.88 Å². The quantitative estimate of drug-likeness (QED) is 0.936. The lowest BCUT2D eigenvalue weighted by atomic mass is 10.0. The Kier molecular flexibility index (Phi) is 4.24. The Balaban J connectivity index is 1.79. The van der Waals surface area contributed by atoms with E-state index in [0.29, 0.717) is 12.3 Å². The molecule has 1 aliphatic rings. The van der Waals surface area contributed by atoms with E-state index in [1.165, 1.54) is 16.7 Å². The molecule has 0 spiro atoms. The molecule has 1 aromatic carbocycles. The van der Waals surface area contributed by atoms with Crippen molar-refractivity contribution >= 4 is 5.91 Å². The van der Waals surface area contributed by atoms with Gasteiger partial charge in [-0.2, -0.15) is 0 Å². The van der Waals surface area contributed by atoms with Gasteiger partial charge in [-0.25, -0.2) is 4.98 Å². The lowest BCUT2D eigenvalue weighted by molar-refractivity contribution is -0.128. The number of H-pyrrole nitrogens is 1. The highest BCUT2D eigenvalue weighted by atomic mass is 16.2. The fourth-order valence-electron chi connectivity index (χ4n) is 3.37. The molecule has 0 bridgehead atoms. The van der Waals surface area contributed by atoms with Crippen LogP contribution in [0.2, 0.25) is 0 Å². The van der Waals surface area contributed by atoms with E-state index in [9.17, 15) is 4.79 Å². The number of aromatic amines is 1. The second kappa shape index (κ2) is 6.19. The molecule has 1 aromatic heterocycles. The van der Waals surface area contributed by atoms with Crippen LogP contribution in [0.25, 0.3) is 11.3 Å². The second-order valence-corrected chi connectivity index (χ2v) is 7.09. The molecule has 2 heterocycles. The smallest absolute Gasteiger partial charge is 0.223 e. The average molecular weight is 311 g/mol.